The number of aryl methyl sites for hydroxylation is 1. The Kier molecular flexibility index (Phi) is 4.79. The first-order valence-electron chi connectivity index (χ1n) is 7.84. The van der Waals surface area contributed by atoms with E-state index in [1.165, 1.54) is 28.3 Å². The van der Waals surface area contributed by atoms with Crippen LogP contribution in [0.25, 0.3) is 0 Å². The van der Waals surface area contributed by atoms with Gasteiger partial charge < -0.3 is 20.7 Å². The predicted octanol–water partition coefficient (Wildman–Crippen LogP) is 1.73. The lowest BCUT2D eigenvalue weighted by Crippen LogP contribution is -2.23. The van der Waals surface area contributed by atoms with Crippen molar-refractivity contribution in [2.24, 2.45) is 0 Å². The number of anilines is 1. The molecule has 1 aliphatic rings. The molecule has 2 amide bonds. The fourth-order valence-corrected chi connectivity index (χ4v) is 4.17. The minimum atomic E-state index is -0.620. The highest BCUT2D eigenvalue weighted by Gasteiger charge is 2.26. The van der Waals surface area contributed by atoms with Crippen molar-refractivity contribution in [3.8, 4) is 0 Å². The number of hydrogen-bond donors (Lipinski definition) is 2. The van der Waals surface area contributed by atoms with Gasteiger partial charge >= 0.3 is 5.82 Å². The zero-order valence-electron chi connectivity index (χ0n) is 13.6. The summed E-state index contributed by atoms with van der Waals surface area (Å²) in [7, 11) is 1.56. The highest BCUT2D eigenvalue weighted by Crippen LogP contribution is 2.38. The first-order valence-corrected chi connectivity index (χ1v) is 8.65. The van der Waals surface area contributed by atoms with Crippen LogP contribution in [0.3, 0.4) is 0 Å². The van der Waals surface area contributed by atoms with E-state index in [9.17, 15) is 19.7 Å². The van der Waals surface area contributed by atoms with Crippen LogP contribution in [0.1, 0.15) is 33.6 Å². The van der Waals surface area contributed by atoms with Crippen molar-refractivity contribution in [3.63, 3.8) is 0 Å². The number of amides is 2. The van der Waals surface area contributed by atoms with Gasteiger partial charge in [-0.05, 0) is 36.2 Å². The average molecular weight is 363 g/mol. The Morgan fingerprint density at radius 3 is 2.84 bits per heavy atom. The van der Waals surface area contributed by atoms with Crippen LogP contribution in [-0.4, -0.2) is 33.6 Å². The molecule has 0 saturated carbocycles. The van der Waals surface area contributed by atoms with Crippen LogP contribution in [0, 0.1) is 10.1 Å². The molecule has 0 aromatic carbocycles. The van der Waals surface area contributed by atoms with Crippen LogP contribution < -0.4 is 10.6 Å². The second kappa shape index (κ2) is 7.01. The number of rotatable bonds is 5. The first kappa shape index (κ1) is 17.1. The molecule has 132 valence electrons. The predicted molar refractivity (Wildman–Crippen MR) is 91.9 cm³/mol. The highest BCUT2D eigenvalue weighted by atomic mass is 32.1. The van der Waals surface area contributed by atoms with E-state index in [-0.39, 0.29) is 24.2 Å². The summed E-state index contributed by atoms with van der Waals surface area (Å²) in [4.78, 5) is 35.7. The molecule has 0 radical (unpaired) electrons. The Bertz CT molecular complexity index is 841. The molecule has 0 spiro atoms. The molecule has 0 bridgehead atoms. The zero-order chi connectivity index (χ0) is 18.0. The van der Waals surface area contributed by atoms with Crippen molar-refractivity contribution in [3.05, 3.63) is 38.4 Å². The molecule has 2 N–H and O–H groups in total. The fourth-order valence-electron chi connectivity index (χ4n) is 2.87. The lowest BCUT2D eigenvalue weighted by molar-refractivity contribution is -0.389. The van der Waals surface area contributed by atoms with E-state index in [2.05, 4.69) is 15.7 Å². The van der Waals surface area contributed by atoms with Gasteiger partial charge in [-0.25, -0.2) is 0 Å². The summed E-state index contributed by atoms with van der Waals surface area (Å²) < 4.78 is 1.19. The molecule has 0 atom stereocenters. The largest absolute Gasteiger partial charge is 0.389 e. The van der Waals surface area contributed by atoms with Gasteiger partial charge in [0, 0.05) is 11.9 Å². The second-order valence-electron chi connectivity index (χ2n) is 5.67. The molecule has 1 aliphatic carbocycles. The summed E-state index contributed by atoms with van der Waals surface area (Å²) in [6.07, 6.45) is 5.21. The van der Waals surface area contributed by atoms with Gasteiger partial charge in [0.2, 0.25) is 5.91 Å². The Balaban J connectivity index is 1.79. The number of thiophene rings is 1. The molecule has 0 fully saturated rings. The van der Waals surface area contributed by atoms with E-state index in [4.69, 9.17) is 0 Å². The van der Waals surface area contributed by atoms with Crippen LogP contribution in [0.2, 0.25) is 0 Å². The van der Waals surface area contributed by atoms with Gasteiger partial charge in [0.25, 0.3) is 5.91 Å². The van der Waals surface area contributed by atoms with Gasteiger partial charge in [0.15, 0.2) is 0 Å². The Morgan fingerprint density at radius 2 is 2.16 bits per heavy atom. The van der Waals surface area contributed by atoms with Crippen molar-refractivity contribution < 1.29 is 14.5 Å². The van der Waals surface area contributed by atoms with Gasteiger partial charge in [-0.3, -0.25) is 9.59 Å². The van der Waals surface area contributed by atoms with E-state index in [1.807, 2.05) is 0 Å². The van der Waals surface area contributed by atoms with E-state index < -0.39 is 4.92 Å². The van der Waals surface area contributed by atoms with Crippen molar-refractivity contribution in [2.75, 3.05) is 12.4 Å². The van der Waals surface area contributed by atoms with Gasteiger partial charge in [-0.15, -0.1) is 11.3 Å². The Morgan fingerprint density at radius 1 is 1.40 bits per heavy atom. The molecule has 25 heavy (non-hydrogen) atoms. The molecule has 10 heteroatoms. The number of nitrogens with one attached hydrogen (secondary N) is 2. The summed E-state index contributed by atoms with van der Waals surface area (Å²) >= 11 is 1.42. The van der Waals surface area contributed by atoms with Crippen LogP contribution >= 0.6 is 11.3 Å². The third-order valence-corrected chi connectivity index (χ3v) is 5.20. The lowest BCUT2D eigenvalue weighted by atomic mass is 9.95. The topological polar surface area (TPSA) is 119 Å². The van der Waals surface area contributed by atoms with Gasteiger partial charge in [-0.2, -0.15) is 4.68 Å². The molecule has 9 nitrogen and oxygen atoms in total. The maximum absolute atomic E-state index is 12.3. The highest BCUT2D eigenvalue weighted by molar-refractivity contribution is 7.17. The number of hydrogen-bond acceptors (Lipinski definition) is 6. The zero-order valence-corrected chi connectivity index (χ0v) is 14.4. The van der Waals surface area contributed by atoms with Crippen molar-refractivity contribution in [1.82, 2.24) is 15.1 Å². The van der Waals surface area contributed by atoms with E-state index in [0.29, 0.717) is 10.6 Å². The molecule has 0 aliphatic heterocycles. The quantitative estimate of drug-likeness (QED) is 0.619. The van der Waals surface area contributed by atoms with Gasteiger partial charge in [-0.1, -0.05) is 0 Å². The minimum Gasteiger partial charge on any atom is -0.358 e. The van der Waals surface area contributed by atoms with E-state index in [0.717, 1.165) is 36.1 Å². The number of fused-ring (bicyclic) bond motifs is 1. The summed E-state index contributed by atoms with van der Waals surface area (Å²) in [6, 6.07) is 1.23. The standard InChI is InChI=1S/C15H17N5O4S/c1-16-14(22)13-9-4-2-3-5-10(9)25-15(13)17-12(21)8-19-7-6-11(18-19)20(23)24/h6-7H,2-5,8H2,1H3,(H,16,22)(H,17,21). The molecule has 2 heterocycles. The third kappa shape index (κ3) is 3.53. The Labute approximate surface area is 147 Å². The number of nitro groups is 1. The minimum absolute atomic E-state index is 0.163. The monoisotopic (exact) mass is 363 g/mol. The smallest absolute Gasteiger partial charge is 0.358 e. The number of carbonyl (C=O) groups excluding carboxylic acids is 2. The van der Waals surface area contributed by atoms with E-state index in [1.54, 1.807) is 7.05 Å². The van der Waals surface area contributed by atoms with E-state index >= 15 is 0 Å². The van der Waals surface area contributed by atoms with Crippen LogP contribution in [0.4, 0.5) is 10.8 Å². The molecule has 2 aromatic rings. The van der Waals surface area contributed by atoms with Crippen LogP contribution in [0.15, 0.2) is 12.3 Å². The maximum atomic E-state index is 12.3. The molecule has 0 saturated heterocycles. The molecule has 0 unspecified atom stereocenters. The summed E-state index contributed by atoms with van der Waals surface area (Å²) in [5.41, 5.74) is 1.54. The van der Waals surface area contributed by atoms with Crippen molar-refractivity contribution in [1.29, 1.82) is 0 Å². The summed E-state index contributed by atoms with van der Waals surface area (Å²) in [5.74, 6) is -0.920. The number of carbonyl (C=O) groups is 2. The maximum Gasteiger partial charge on any atom is 0.389 e. The molecular weight excluding hydrogens is 346 g/mol. The first-order chi connectivity index (χ1) is 12.0. The fraction of sp³-hybridized carbons (Fsp3) is 0.400. The summed E-state index contributed by atoms with van der Waals surface area (Å²) in [6.45, 7) is -0.163. The lowest BCUT2D eigenvalue weighted by Gasteiger charge is -2.12. The van der Waals surface area contributed by atoms with Crippen LogP contribution in [0.5, 0.6) is 0 Å². The summed E-state index contributed by atoms with van der Waals surface area (Å²) in [5, 5.41) is 20.3. The Hall–Kier alpha value is -2.75. The van der Waals surface area contributed by atoms with Gasteiger partial charge in [0.1, 0.15) is 11.5 Å². The number of aromatic nitrogens is 2. The third-order valence-electron chi connectivity index (χ3n) is 4.00. The van der Waals surface area contributed by atoms with Gasteiger partial charge in [0.05, 0.1) is 22.9 Å². The van der Waals surface area contributed by atoms with Crippen molar-refractivity contribution >= 4 is 34.0 Å². The second-order valence-corrected chi connectivity index (χ2v) is 6.78. The molecule has 2 aromatic heterocycles. The van der Waals surface area contributed by atoms with Crippen molar-refractivity contribution in [2.45, 2.75) is 32.2 Å². The normalized spacial score (nSPS) is 13.2. The SMILES string of the molecule is CNC(=O)c1c(NC(=O)Cn2ccc([N+](=O)[O-])n2)sc2c1CCCC2. The average Bonchev–Trinajstić information content (AvgIpc) is 3.18. The molecular formula is C15H17N5O4S. The molecule has 3 rings (SSSR count). The van der Waals surface area contributed by atoms with Crippen LogP contribution in [-0.2, 0) is 24.2 Å². The number of nitrogens with zero attached hydrogens (tertiary/aromatic N) is 3.